The van der Waals surface area contributed by atoms with Gasteiger partial charge in [0.2, 0.25) is 0 Å². The Bertz CT molecular complexity index is 916. The van der Waals surface area contributed by atoms with E-state index in [0.29, 0.717) is 12.8 Å². The van der Waals surface area contributed by atoms with E-state index in [0.717, 1.165) is 77.0 Å². The lowest BCUT2D eigenvalue weighted by Crippen LogP contribution is -2.65. The number of carboxylic acid groups (broad SMARTS) is 1. The van der Waals surface area contributed by atoms with Gasteiger partial charge in [0.1, 0.15) is 55.4 Å². The molecule has 2 fully saturated rings. The number of hydrogen-bond donors (Lipinski definition) is 7. The van der Waals surface area contributed by atoms with Crippen molar-refractivity contribution >= 4 is 11.9 Å². The smallest absolute Gasteiger partial charge is 0.303 e. The first-order valence-corrected chi connectivity index (χ1v) is 17.6. The molecule has 2 heterocycles. The fourth-order valence-electron chi connectivity index (χ4n) is 5.92. The Kier molecular flexibility index (Phi) is 20.9. The van der Waals surface area contributed by atoms with E-state index in [4.69, 9.17) is 28.8 Å². The maximum atomic E-state index is 11.4. The maximum absolute atomic E-state index is 11.4. The Balaban J connectivity index is 1.88. The first-order chi connectivity index (χ1) is 23.0. The van der Waals surface area contributed by atoms with E-state index in [1.807, 2.05) is 6.92 Å². The summed E-state index contributed by atoms with van der Waals surface area (Å²) in [5.41, 5.74) is 0. The minimum absolute atomic E-state index is 0.250. The van der Waals surface area contributed by atoms with E-state index in [1.165, 1.54) is 6.92 Å². The molecule has 2 saturated heterocycles. The molecular weight excluding hydrogens is 632 g/mol. The number of ether oxygens (including phenoxy) is 5. The van der Waals surface area contributed by atoms with Gasteiger partial charge in [-0.2, -0.15) is 0 Å². The number of hydrogen-bond acceptors (Lipinski definition) is 13. The summed E-state index contributed by atoms with van der Waals surface area (Å²) in [6.45, 7) is 2.20. The molecule has 0 radical (unpaired) electrons. The number of esters is 1. The predicted octanol–water partition coefficient (Wildman–Crippen LogP) is 2.08. The number of allylic oxidation sites excluding steroid dienone is 2. The fourth-order valence-corrected chi connectivity index (χ4v) is 5.92. The number of aliphatic carboxylic acids is 1. The molecule has 0 spiro atoms. The summed E-state index contributed by atoms with van der Waals surface area (Å²) in [6.07, 6.45) is 2.66. The van der Waals surface area contributed by atoms with Crippen molar-refractivity contribution in [3.63, 3.8) is 0 Å². The van der Waals surface area contributed by atoms with Crippen molar-refractivity contribution in [2.75, 3.05) is 13.2 Å². The van der Waals surface area contributed by atoms with Crippen LogP contribution in [0.2, 0.25) is 0 Å². The molecule has 14 heteroatoms. The van der Waals surface area contributed by atoms with Crippen LogP contribution in [0.15, 0.2) is 12.2 Å². The van der Waals surface area contributed by atoms with Gasteiger partial charge in [0, 0.05) is 13.3 Å². The van der Waals surface area contributed by atoms with Gasteiger partial charge in [0.25, 0.3) is 0 Å². The quantitative estimate of drug-likeness (QED) is 0.0437. The minimum atomic E-state index is -1.74. The van der Waals surface area contributed by atoms with E-state index >= 15 is 0 Å². The van der Waals surface area contributed by atoms with E-state index < -0.39 is 80.0 Å². The highest BCUT2D eigenvalue weighted by molar-refractivity contribution is 5.66. The van der Waals surface area contributed by atoms with Crippen molar-refractivity contribution in [3.8, 4) is 0 Å². The zero-order valence-electron chi connectivity index (χ0n) is 28.5. The Morgan fingerprint density at radius 2 is 1.31 bits per heavy atom. The number of carbonyl (C=O) groups excluding carboxylic acids is 1. The van der Waals surface area contributed by atoms with Crippen LogP contribution in [0.1, 0.15) is 110 Å². The van der Waals surface area contributed by atoms with Gasteiger partial charge in [0.05, 0.1) is 12.7 Å². The molecule has 0 bridgehead atoms. The third kappa shape index (κ3) is 15.0. The van der Waals surface area contributed by atoms with Gasteiger partial charge < -0.3 is 59.4 Å². The zero-order chi connectivity index (χ0) is 35.5. The van der Waals surface area contributed by atoms with Gasteiger partial charge in [0.15, 0.2) is 12.6 Å². The highest BCUT2D eigenvalue weighted by Crippen LogP contribution is 2.31. The highest BCUT2D eigenvalue weighted by Gasteiger charge is 2.51. The summed E-state index contributed by atoms with van der Waals surface area (Å²) in [7, 11) is 0. The molecule has 0 aliphatic carbocycles. The van der Waals surface area contributed by atoms with Crippen LogP contribution in [0.25, 0.3) is 0 Å². The maximum Gasteiger partial charge on any atom is 0.303 e. The Morgan fingerprint density at radius 3 is 1.92 bits per heavy atom. The summed E-state index contributed by atoms with van der Waals surface area (Å²) in [4.78, 5) is 22.0. The second kappa shape index (κ2) is 23.6. The number of carboxylic acids is 1. The molecule has 0 aromatic carbocycles. The molecule has 2 aliphatic heterocycles. The van der Waals surface area contributed by atoms with Gasteiger partial charge in [-0.3, -0.25) is 9.59 Å². The number of rotatable bonds is 24. The van der Waals surface area contributed by atoms with Crippen LogP contribution in [0.3, 0.4) is 0 Å². The summed E-state index contributed by atoms with van der Waals surface area (Å²) in [5.74, 6) is -1.33. The second-order valence-corrected chi connectivity index (χ2v) is 12.8. The third-order valence-corrected chi connectivity index (χ3v) is 8.75. The van der Waals surface area contributed by atoms with Crippen LogP contribution in [-0.2, 0) is 33.3 Å². The monoisotopic (exact) mass is 692 g/mol. The van der Waals surface area contributed by atoms with Crippen molar-refractivity contribution in [3.05, 3.63) is 12.2 Å². The summed E-state index contributed by atoms with van der Waals surface area (Å²) in [5, 5.41) is 70.9. The number of unbranched alkanes of at least 4 members (excludes halogenated alkanes) is 9. The van der Waals surface area contributed by atoms with Gasteiger partial charge >= 0.3 is 11.9 Å². The van der Waals surface area contributed by atoms with Crippen molar-refractivity contribution in [2.45, 2.75) is 178 Å². The number of aliphatic hydroxyl groups excluding tert-OH is 6. The lowest BCUT2D eigenvalue weighted by atomic mass is 9.97. The largest absolute Gasteiger partial charge is 0.481 e. The van der Waals surface area contributed by atoms with E-state index in [1.54, 1.807) is 0 Å². The number of carbonyl (C=O) groups is 2. The molecule has 280 valence electrons. The Labute approximate surface area is 284 Å². The van der Waals surface area contributed by atoms with Gasteiger partial charge in [-0.25, -0.2) is 0 Å². The van der Waals surface area contributed by atoms with Crippen LogP contribution in [0.4, 0.5) is 0 Å². The topological polar surface area (TPSA) is 222 Å². The Morgan fingerprint density at radius 1 is 0.729 bits per heavy atom. The van der Waals surface area contributed by atoms with Crippen molar-refractivity contribution in [1.29, 1.82) is 0 Å². The Hall–Kier alpha value is -1.72. The fraction of sp³-hybridized carbons (Fsp3) is 0.882. The van der Waals surface area contributed by atoms with Crippen molar-refractivity contribution in [1.82, 2.24) is 0 Å². The molecule has 7 N–H and O–H groups in total. The second-order valence-electron chi connectivity index (χ2n) is 12.8. The lowest BCUT2D eigenvalue weighted by molar-refractivity contribution is -0.372. The zero-order valence-corrected chi connectivity index (χ0v) is 28.5. The SMILES string of the molecule is CCC[C@@H](CCCCCC/C=C\CCCCCCCC(=O)O)O[C@@H]1O[C@H](COC(C)=O)[C@@H](O)[C@H](O)[C@H]1O[C@@H]1O[C@H](CO)[C@@H](O)[C@H](O)[C@H]1O. The molecule has 0 unspecified atom stereocenters. The van der Waals surface area contributed by atoms with Gasteiger partial charge in [-0.1, -0.05) is 64.0 Å². The molecule has 2 rings (SSSR count). The molecule has 0 aromatic rings. The molecule has 14 nitrogen and oxygen atoms in total. The van der Waals surface area contributed by atoms with Crippen LogP contribution in [-0.4, -0.2) is 128 Å². The molecule has 0 amide bonds. The highest BCUT2D eigenvalue weighted by atomic mass is 16.8. The van der Waals surface area contributed by atoms with E-state index in [-0.39, 0.29) is 19.1 Å². The molecule has 0 saturated carbocycles. The van der Waals surface area contributed by atoms with Gasteiger partial charge in [-0.15, -0.1) is 0 Å². The van der Waals surface area contributed by atoms with E-state index in [9.17, 15) is 40.2 Å². The summed E-state index contributed by atoms with van der Waals surface area (Å²) in [6, 6.07) is 0. The lowest BCUT2D eigenvalue weighted by Gasteiger charge is -2.46. The molecule has 2 aliphatic rings. The summed E-state index contributed by atoms with van der Waals surface area (Å²) >= 11 is 0. The first-order valence-electron chi connectivity index (χ1n) is 17.6. The van der Waals surface area contributed by atoms with Crippen LogP contribution >= 0.6 is 0 Å². The predicted molar refractivity (Wildman–Crippen MR) is 173 cm³/mol. The van der Waals surface area contributed by atoms with Crippen molar-refractivity contribution < 1.29 is 69.0 Å². The third-order valence-electron chi connectivity index (χ3n) is 8.75. The van der Waals surface area contributed by atoms with E-state index in [2.05, 4.69) is 12.2 Å². The van der Waals surface area contributed by atoms with Crippen LogP contribution in [0, 0.1) is 0 Å². The average Bonchev–Trinajstić information content (AvgIpc) is 3.05. The molecule has 11 atom stereocenters. The molecular formula is C34H60O14. The van der Waals surface area contributed by atoms with Crippen LogP contribution in [0.5, 0.6) is 0 Å². The average molecular weight is 693 g/mol. The minimum Gasteiger partial charge on any atom is -0.481 e. The molecule has 0 aromatic heterocycles. The van der Waals surface area contributed by atoms with Gasteiger partial charge in [-0.05, 0) is 44.9 Å². The first kappa shape index (κ1) is 42.4. The standard InChI is InChI=1S/C34H60O14/c1-3-17-23(18-15-13-11-9-7-5-4-6-8-10-12-14-16-19-26(37)38)45-34-32(30(42)28(40)25(47-34)21-44-22(2)36)48-33-31(43)29(41)27(39)24(20-35)46-33/h4-5,23-25,27-35,39-43H,3,6-21H2,1-2H3,(H,37,38)/b5-4-/t23-,24+,25+,27+,28+,29-,30-,31+,32+,33-,34+/m0/s1. The normalized spacial score (nSPS) is 31.6. The van der Waals surface area contributed by atoms with Crippen molar-refractivity contribution in [2.24, 2.45) is 0 Å². The number of aliphatic hydroxyl groups is 6. The van der Waals surface area contributed by atoms with Crippen LogP contribution < -0.4 is 0 Å². The summed E-state index contributed by atoms with van der Waals surface area (Å²) < 4.78 is 28.6. The molecule has 48 heavy (non-hydrogen) atoms.